The first kappa shape index (κ1) is 27.5. The second kappa shape index (κ2) is 10.6. The quantitative estimate of drug-likeness (QED) is 0.300. The minimum Gasteiger partial charge on any atom is -0.496 e. The summed E-state index contributed by atoms with van der Waals surface area (Å²) in [5, 5.41) is 12.0. The summed E-state index contributed by atoms with van der Waals surface area (Å²) >= 11 is 0. The maximum Gasteiger partial charge on any atom is 0.266 e. The number of methoxy groups -OCH3 is 1. The van der Waals surface area contributed by atoms with Crippen LogP contribution in [0.5, 0.6) is 5.75 Å². The van der Waals surface area contributed by atoms with Gasteiger partial charge in [-0.15, -0.1) is 0 Å². The zero-order valence-corrected chi connectivity index (χ0v) is 23.8. The average Bonchev–Trinajstić information content (AvgIpc) is 3.74. The predicted molar refractivity (Wildman–Crippen MR) is 161 cm³/mol. The first-order valence-corrected chi connectivity index (χ1v) is 14.1. The van der Waals surface area contributed by atoms with E-state index in [1.165, 1.54) is 11.6 Å². The van der Waals surface area contributed by atoms with Crippen molar-refractivity contribution in [3.63, 3.8) is 0 Å². The third kappa shape index (κ3) is 4.69. The summed E-state index contributed by atoms with van der Waals surface area (Å²) in [5.74, 6) is 0.517. The lowest BCUT2D eigenvalue weighted by Gasteiger charge is -2.39. The Morgan fingerprint density at radius 3 is 2.55 bits per heavy atom. The number of rotatable bonds is 9. The molecule has 2 aliphatic rings. The lowest BCUT2D eigenvalue weighted by molar-refractivity contribution is -0.132. The molecule has 0 bridgehead atoms. The van der Waals surface area contributed by atoms with Crippen LogP contribution >= 0.6 is 0 Å². The van der Waals surface area contributed by atoms with E-state index in [0.29, 0.717) is 64.6 Å². The highest BCUT2D eigenvalue weighted by molar-refractivity contribution is 5.93. The molecule has 2 fully saturated rings. The molecule has 3 heterocycles. The number of nitrogens with zero attached hydrogens (tertiary/aromatic N) is 3. The lowest BCUT2D eigenvalue weighted by Crippen LogP contribution is -2.50. The van der Waals surface area contributed by atoms with Crippen LogP contribution in [0.2, 0.25) is 0 Å². The number of hydrogen-bond donors (Lipinski definition) is 2. The van der Waals surface area contributed by atoms with E-state index in [1.54, 1.807) is 40.5 Å². The van der Waals surface area contributed by atoms with Gasteiger partial charge >= 0.3 is 0 Å². The van der Waals surface area contributed by atoms with Crippen LogP contribution in [0.3, 0.4) is 0 Å². The van der Waals surface area contributed by atoms with E-state index in [-0.39, 0.29) is 24.0 Å². The van der Waals surface area contributed by atoms with Crippen molar-refractivity contribution >= 4 is 22.6 Å². The summed E-state index contributed by atoms with van der Waals surface area (Å²) in [6.45, 7) is 4.41. The van der Waals surface area contributed by atoms with Crippen molar-refractivity contribution in [2.24, 2.45) is 18.7 Å². The maximum absolute atomic E-state index is 14.5. The highest BCUT2D eigenvalue weighted by Crippen LogP contribution is 2.43. The summed E-state index contributed by atoms with van der Waals surface area (Å²) in [4.78, 5) is 40.2. The Kier molecular flexibility index (Phi) is 6.98. The van der Waals surface area contributed by atoms with Crippen LogP contribution in [0.1, 0.15) is 46.1 Å². The molecule has 42 heavy (non-hydrogen) atoms. The number of carbonyl (C=O) groups is 2. The van der Waals surface area contributed by atoms with Crippen LogP contribution < -0.4 is 16.0 Å². The predicted octanol–water partition coefficient (Wildman–Crippen LogP) is 3.66. The Morgan fingerprint density at radius 1 is 1.17 bits per heavy atom. The van der Waals surface area contributed by atoms with Gasteiger partial charge in [-0.3, -0.25) is 19.0 Å². The largest absolute Gasteiger partial charge is 0.496 e. The van der Waals surface area contributed by atoms with Gasteiger partial charge in [0.25, 0.3) is 11.5 Å². The van der Waals surface area contributed by atoms with Gasteiger partial charge < -0.3 is 25.0 Å². The molecule has 2 aromatic heterocycles. The second-order valence-corrected chi connectivity index (χ2v) is 11.3. The molecule has 9 heteroatoms. The average molecular weight is 567 g/mol. The Hall–Kier alpha value is -4.63. The third-order valence-electron chi connectivity index (χ3n) is 8.51. The van der Waals surface area contributed by atoms with Gasteiger partial charge in [-0.25, -0.2) is 0 Å². The molecule has 9 nitrogen and oxygen atoms in total. The summed E-state index contributed by atoms with van der Waals surface area (Å²) in [7, 11) is 3.31. The van der Waals surface area contributed by atoms with E-state index in [0.717, 1.165) is 23.9 Å². The van der Waals surface area contributed by atoms with Crippen molar-refractivity contribution in [1.29, 1.82) is 0 Å². The third-order valence-corrected chi connectivity index (χ3v) is 8.51. The van der Waals surface area contributed by atoms with Gasteiger partial charge in [0.2, 0.25) is 5.91 Å². The summed E-state index contributed by atoms with van der Waals surface area (Å²) < 4.78 is 9.07. The van der Waals surface area contributed by atoms with Gasteiger partial charge in [-0.05, 0) is 78.0 Å². The van der Waals surface area contributed by atoms with Crippen LogP contribution in [-0.2, 0) is 24.9 Å². The Morgan fingerprint density at radius 2 is 1.93 bits per heavy atom. The molecule has 0 spiro atoms. The monoisotopic (exact) mass is 566 g/mol. The molecule has 1 saturated carbocycles. The van der Waals surface area contributed by atoms with Crippen LogP contribution in [0, 0.1) is 5.92 Å². The number of aliphatic hydroxyl groups is 1. The minimum atomic E-state index is -0.555. The summed E-state index contributed by atoms with van der Waals surface area (Å²) in [6.07, 6.45) is 5.91. The number of fused-ring (bicyclic) bond motifs is 1. The molecule has 0 unspecified atom stereocenters. The number of primary amides is 1. The number of benzene rings is 2. The van der Waals surface area contributed by atoms with E-state index < -0.39 is 5.91 Å². The number of hydrogen-bond acceptors (Lipinski definition) is 5. The molecule has 0 atom stereocenters. The molecule has 4 aromatic rings. The van der Waals surface area contributed by atoms with E-state index in [9.17, 15) is 19.5 Å². The van der Waals surface area contributed by atoms with Crippen molar-refractivity contribution < 1.29 is 19.4 Å². The van der Waals surface area contributed by atoms with Gasteiger partial charge in [-0.2, -0.15) is 0 Å². The second-order valence-electron chi connectivity index (χ2n) is 11.3. The fraction of sp³-hybridized carbons (Fsp3) is 0.303. The van der Waals surface area contributed by atoms with Crippen molar-refractivity contribution in [2.75, 3.05) is 20.2 Å². The highest BCUT2D eigenvalue weighted by atomic mass is 16.5. The number of nitrogens with two attached hydrogens (primary N) is 1. The van der Waals surface area contributed by atoms with E-state index >= 15 is 0 Å². The molecule has 2 aromatic carbocycles. The van der Waals surface area contributed by atoms with Gasteiger partial charge in [0.05, 0.1) is 24.8 Å². The molecule has 6 rings (SSSR count). The number of amides is 2. The van der Waals surface area contributed by atoms with Gasteiger partial charge in [-0.1, -0.05) is 24.8 Å². The van der Waals surface area contributed by atoms with Crippen molar-refractivity contribution in [2.45, 2.75) is 31.8 Å². The Labute approximate surface area is 243 Å². The molecule has 1 aliphatic carbocycles. The smallest absolute Gasteiger partial charge is 0.266 e. The molecule has 216 valence electrons. The first-order chi connectivity index (χ1) is 20.2. The van der Waals surface area contributed by atoms with E-state index in [2.05, 4.69) is 12.6 Å². The molecule has 3 N–H and O–H groups in total. The number of likely N-dealkylation sites (tertiary alicyclic amines) is 1. The molecule has 1 saturated heterocycles. The molecule has 1 aliphatic heterocycles. The molecule has 0 radical (unpaired) electrons. The van der Waals surface area contributed by atoms with E-state index in [4.69, 9.17) is 10.5 Å². The molecular formula is C33H34N4O5. The standard InChI is InChI=1S/C33H34N4O5/c1-4-30(39)36-15-19(16-36)10-24-12-22-11-21(20-8-9-20)14-29(42-3)31(22)33(41)37(24)27-7-5-6-25(26(27)18-38)23-13-28(32(34)40)35(2)17-23/h4-7,11-14,17,19-20,38H,1,8-10,15-16,18H2,2-3H3,(H2,34,40). The number of aliphatic hydroxyl groups excluding tert-OH is 1. The van der Waals surface area contributed by atoms with E-state index in [1.807, 2.05) is 30.3 Å². The van der Waals surface area contributed by atoms with Crippen molar-refractivity contribution in [1.82, 2.24) is 14.0 Å². The lowest BCUT2D eigenvalue weighted by atomic mass is 9.92. The van der Waals surface area contributed by atoms with Crippen molar-refractivity contribution in [3.8, 4) is 22.6 Å². The van der Waals surface area contributed by atoms with Gasteiger partial charge in [0.15, 0.2) is 0 Å². The summed E-state index contributed by atoms with van der Waals surface area (Å²) in [5.41, 5.74) is 10.1. The molecule has 2 amide bonds. The number of pyridine rings is 1. The van der Waals surface area contributed by atoms with Gasteiger partial charge in [0, 0.05) is 43.2 Å². The zero-order valence-electron chi connectivity index (χ0n) is 23.8. The van der Waals surface area contributed by atoms with Crippen molar-refractivity contribution in [3.05, 3.63) is 94.2 Å². The number of aromatic nitrogens is 2. The number of aryl methyl sites for hydroxylation is 1. The Bertz CT molecular complexity index is 1810. The van der Waals surface area contributed by atoms with Crippen LogP contribution in [0.15, 0.2) is 66.1 Å². The zero-order chi connectivity index (χ0) is 29.7. The normalized spacial score (nSPS) is 15.1. The summed E-state index contributed by atoms with van der Waals surface area (Å²) in [6, 6.07) is 13.3. The molecular weight excluding hydrogens is 532 g/mol. The number of carbonyl (C=O) groups excluding carboxylic acids is 2. The van der Waals surface area contributed by atoms with Crippen LogP contribution in [0.25, 0.3) is 27.6 Å². The maximum atomic E-state index is 14.5. The van der Waals surface area contributed by atoms with Crippen LogP contribution in [-0.4, -0.2) is 51.2 Å². The SMILES string of the molecule is C=CC(=O)N1CC(Cc2cc3cc(C4CC4)cc(OC)c3c(=O)n2-c2cccc(-c3cc(C(N)=O)n(C)c3)c2CO)C1. The van der Waals surface area contributed by atoms with Crippen LogP contribution in [0.4, 0.5) is 0 Å². The minimum absolute atomic E-state index is 0.102. The van der Waals surface area contributed by atoms with Gasteiger partial charge in [0.1, 0.15) is 11.4 Å². The highest BCUT2D eigenvalue weighted by Gasteiger charge is 2.31. The fourth-order valence-electron chi connectivity index (χ4n) is 6.20. The number of ether oxygens (including phenoxy) is 1. The topological polar surface area (TPSA) is 120 Å². The Balaban J connectivity index is 1.55. The fourth-order valence-corrected chi connectivity index (χ4v) is 6.20. The first-order valence-electron chi connectivity index (χ1n) is 14.1.